The van der Waals surface area contributed by atoms with Crippen LogP contribution in [0.5, 0.6) is 0 Å². The van der Waals surface area contributed by atoms with Crippen molar-refractivity contribution in [1.82, 2.24) is 0 Å². The SMILES string of the molecule is N#C/C(C(N)=NC1CCOCC1)=C(/N)c1ccc(Br)cc1F. The Labute approximate surface area is 136 Å². The number of benzene rings is 1. The van der Waals surface area contributed by atoms with Crippen LogP contribution in [0.25, 0.3) is 5.70 Å². The van der Waals surface area contributed by atoms with Crippen LogP contribution in [0.1, 0.15) is 18.4 Å². The molecule has 0 radical (unpaired) electrons. The number of nitrogens with zero attached hydrogens (tertiary/aromatic N) is 2. The monoisotopic (exact) mass is 366 g/mol. The molecule has 1 fully saturated rings. The third-order valence-electron chi connectivity index (χ3n) is 3.37. The Morgan fingerprint density at radius 2 is 2.05 bits per heavy atom. The average molecular weight is 367 g/mol. The lowest BCUT2D eigenvalue weighted by molar-refractivity contribution is 0.0871. The molecule has 0 bridgehead atoms. The predicted octanol–water partition coefficient (Wildman–Crippen LogP) is 2.32. The van der Waals surface area contributed by atoms with Crippen molar-refractivity contribution in [3.8, 4) is 6.07 Å². The fourth-order valence-corrected chi connectivity index (χ4v) is 2.51. The predicted molar refractivity (Wildman–Crippen MR) is 86.3 cm³/mol. The van der Waals surface area contributed by atoms with E-state index in [0.29, 0.717) is 17.7 Å². The van der Waals surface area contributed by atoms with Gasteiger partial charge in [-0.2, -0.15) is 5.26 Å². The number of nitrogens with two attached hydrogens (primary N) is 2. The van der Waals surface area contributed by atoms with Crippen LogP contribution in [-0.4, -0.2) is 25.1 Å². The minimum absolute atomic E-state index is 0.000310. The summed E-state index contributed by atoms with van der Waals surface area (Å²) in [6.07, 6.45) is 1.48. The van der Waals surface area contributed by atoms with E-state index in [0.717, 1.165) is 12.8 Å². The van der Waals surface area contributed by atoms with Crippen molar-refractivity contribution in [3.05, 3.63) is 39.6 Å². The van der Waals surface area contributed by atoms with Crippen LogP contribution in [0.3, 0.4) is 0 Å². The van der Waals surface area contributed by atoms with Gasteiger partial charge in [0, 0.05) is 23.2 Å². The van der Waals surface area contributed by atoms with Crippen molar-refractivity contribution < 1.29 is 9.13 Å². The van der Waals surface area contributed by atoms with E-state index in [4.69, 9.17) is 16.2 Å². The summed E-state index contributed by atoms with van der Waals surface area (Å²) in [5, 5.41) is 9.30. The molecule has 4 N–H and O–H groups in total. The maximum atomic E-state index is 14.0. The van der Waals surface area contributed by atoms with E-state index >= 15 is 0 Å². The summed E-state index contributed by atoms with van der Waals surface area (Å²) in [6, 6.07) is 6.34. The van der Waals surface area contributed by atoms with Crippen LogP contribution in [0, 0.1) is 17.1 Å². The van der Waals surface area contributed by atoms with Crippen LogP contribution in [-0.2, 0) is 4.74 Å². The molecule has 5 nitrogen and oxygen atoms in total. The molecular weight excluding hydrogens is 351 g/mol. The Hall–Kier alpha value is -1.91. The van der Waals surface area contributed by atoms with Gasteiger partial charge in [-0.3, -0.25) is 4.99 Å². The molecule has 0 aromatic heterocycles. The van der Waals surface area contributed by atoms with E-state index in [1.807, 2.05) is 6.07 Å². The van der Waals surface area contributed by atoms with Crippen LogP contribution in [0.15, 0.2) is 33.2 Å². The maximum Gasteiger partial charge on any atom is 0.138 e. The van der Waals surface area contributed by atoms with Crippen molar-refractivity contribution in [1.29, 1.82) is 5.26 Å². The molecule has 0 aliphatic carbocycles. The second-order valence-corrected chi connectivity index (χ2v) is 5.80. The number of hydrogen-bond acceptors (Lipinski definition) is 4. The van der Waals surface area contributed by atoms with Crippen LogP contribution < -0.4 is 11.5 Å². The molecule has 1 aliphatic rings. The Kier molecular flexibility index (Phi) is 5.52. The van der Waals surface area contributed by atoms with E-state index < -0.39 is 5.82 Å². The highest BCUT2D eigenvalue weighted by Gasteiger charge is 2.17. The highest BCUT2D eigenvalue weighted by Crippen LogP contribution is 2.22. The van der Waals surface area contributed by atoms with Gasteiger partial charge in [-0.05, 0) is 31.0 Å². The molecule has 1 saturated heterocycles. The number of rotatable bonds is 3. The topological polar surface area (TPSA) is 97.4 Å². The first-order valence-electron chi connectivity index (χ1n) is 6.79. The lowest BCUT2D eigenvalue weighted by Crippen LogP contribution is -2.25. The zero-order valence-corrected chi connectivity index (χ0v) is 13.4. The van der Waals surface area contributed by atoms with Gasteiger partial charge in [0.2, 0.25) is 0 Å². The van der Waals surface area contributed by atoms with Gasteiger partial charge in [-0.25, -0.2) is 4.39 Å². The number of hydrogen-bond donors (Lipinski definition) is 2. The molecule has 0 amide bonds. The number of nitriles is 1. The lowest BCUT2D eigenvalue weighted by atomic mass is 10.1. The molecule has 116 valence electrons. The van der Waals surface area contributed by atoms with Crippen molar-refractivity contribution in [3.63, 3.8) is 0 Å². The first kappa shape index (κ1) is 16.5. The van der Waals surface area contributed by atoms with E-state index in [1.54, 1.807) is 6.07 Å². The lowest BCUT2D eigenvalue weighted by Gasteiger charge is -2.19. The van der Waals surface area contributed by atoms with Gasteiger partial charge < -0.3 is 16.2 Å². The summed E-state index contributed by atoms with van der Waals surface area (Å²) in [4.78, 5) is 4.32. The smallest absolute Gasteiger partial charge is 0.138 e. The second kappa shape index (κ2) is 7.38. The third-order valence-corrected chi connectivity index (χ3v) is 3.86. The van der Waals surface area contributed by atoms with Crippen LogP contribution >= 0.6 is 15.9 Å². The minimum Gasteiger partial charge on any atom is -0.397 e. The van der Waals surface area contributed by atoms with Crippen LogP contribution in [0.2, 0.25) is 0 Å². The molecule has 2 rings (SSSR count). The molecular formula is C15H16BrFN4O. The molecule has 1 aromatic carbocycles. The largest absolute Gasteiger partial charge is 0.397 e. The van der Waals surface area contributed by atoms with Gasteiger partial charge in [0.05, 0.1) is 11.7 Å². The Bertz CT molecular complexity index is 660. The molecule has 0 spiro atoms. The highest BCUT2D eigenvalue weighted by atomic mass is 79.9. The van der Waals surface area contributed by atoms with Gasteiger partial charge in [0.25, 0.3) is 0 Å². The molecule has 1 aliphatic heterocycles. The molecule has 0 atom stereocenters. The van der Waals surface area contributed by atoms with Crippen LogP contribution in [0.4, 0.5) is 4.39 Å². The number of ether oxygens (including phenoxy) is 1. The maximum absolute atomic E-state index is 14.0. The zero-order chi connectivity index (χ0) is 16.1. The molecule has 0 saturated carbocycles. The molecule has 1 aromatic rings. The second-order valence-electron chi connectivity index (χ2n) is 4.88. The van der Waals surface area contributed by atoms with Crippen molar-refractivity contribution >= 4 is 27.5 Å². The van der Waals surface area contributed by atoms with E-state index in [-0.39, 0.29) is 28.7 Å². The van der Waals surface area contributed by atoms with Crippen molar-refractivity contribution in [2.75, 3.05) is 13.2 Å². The molecule has 0 unspecified atom stereocenters. The fraction of sp³-hybridized carbons (Fsp3) is 0.333. The van der Waals surface area contributed by atoms with Gasteiger partial charge in [-0.15, -0.1) is 0 Å². The summed E-state index contributed by atoms with van der Waals surface area (Å²) < 4.78 is 19.8. The highest BCUT2D eigenvalue weighted by molar-refractivity contribution is 9.10. The third kappa shape index (κ3) is 3.84. The normalized spacial score (nSPS) is 17.8. The van der Waals surface area contributed by atoms with Crippen molar-refractivity contribution in [2.45, 2.75) is 18.9 Å². The summed E-state index contributed by atoms with van der Waals surface area (Å²) >= 11 is 3.17. The summed E-state index contributed by atoms with van der Waals surface area (Å²) in [6.45, 7) is 1.23. The van der Waals surface area contributed by atoms with E-state index in [9.17, 15) is 9.65 Å². The standard InChI is InChI=1S/C15H16BrFN4O/c16-9-1-2-11(13(17)7-9)14(19)12(8-18)15(20)21-10-3-5-22-6-4-10/h1-2,7,10H,3-6,19H2,(H2,20,21)/b14-12-. The average Bonchev–Trinajstić information content (AvgIpc) is 2.48. The first-order chi connectivity index (χ1) is 10.5. The molecule has 7 heteroatoms. The fourth-order valence-electron chi connectivity index (χ4n) is 2.17. The number of amidine groups is 1. The summed E-state index contributed by atoms with van der Waals surface area (Å²) in [5.74, 6) is -0.493. The first-order valence-corrected chi connectivity index (χ1v) is 7.59. The summed E-state index contributed by atoms with van der Waals surface area (Å²) in [7, 11) is 0. The Balaban J connectivity index is 2.35. The Morgan fingerprint density at radius 1 is 1.36 bits per heavy atom. The number of aliphatic imine (C=N–C) groups is 1. The zero-order valence-electron chi connectivity index (χ0n) is 11.9. The van der Waals surface area contributed by atoms with Gasteiger partial charge >= 0.3 is 0 Å². The summed E-state index contributed by atoms with van der Waals surface area (Å²) in [5.41, 5.74) is 11.9. The van der Waals surface area contributed by atoms with Gasteiger partial charge in [0.1, 0.15) is 23.3 Å². The molecule has 22 heavy (non-hydrogen) atoms. The van der Waals surface area contributed by atoms with Crippen molar-refractivity contribution in [2.24, 2.45) is 16.5 Å². The number of halogens is 2. The van der Waals surface area contributed by atoms with Gasteiger partial charge in [0.15, 0.2) is 0 Å². The van der Waals surface area contributed by atoms with E-state index in [2.05, 4.69) is 20.9 Å². The molecule has 1 heterocycles. The Morgan fingerprint density at radius 3 is 2.64 bits per heavy atom. The minimum atomic E-state index is -0.529. The quantitative estimate of drug-likeness (QED) is 0.487. The van der Waals surface area contributed by atoms with Gasteiger partial charge in [-0.1, -0.05) is 15.9 Å². The van der Waals surface area contributed by atoms with E-state index in [1.165, 1.54) is 12.1 Å².